The molecule has 0 atom stereocenters. The first-order chi connectivity index (χ1) is 15.5. The fourth-order valence-corrected chi connectivity index (χ4v) is 4.00. The summed E-state index contributed by atoms with van der Waals surface area (Å²) >= 11 is 1.42. The second-order valence-corrected chi connectivity index (χ2v) is 7.81. The standard InChI is InChI=1S/C21H14N6O4S/c1-12-23-24-21-26(12)25-20(32-21)13-5-7-15(8-6-13)22-19(28)18-10-9-17(31-18)14-3-2-4-16(11-14)27(29)30/h2-11H,1H3,(H,22,28). The summed E-state index contributed by atoms with van der Waals surface area (Å²) in [5, 5.41) is 27.1. The molecule has 10 nitrogen and oxygen atoms in total. The average molecular weight is 446 g/mol. The Kier molecular flexibility index (Phi) is 4.71. The number of hydrogen-bond donors (Lipinski definition) is 1. The minimum Gasteiger partial charge on any atom is -0.451 e. The summed E-state index contributed by atoms with van der Waals surface area (Å²) in [6.07, 6.45) is 0. The average Bonchev–Trinajstić information content (AvgIpc) is 3.52. The van der Waals surface area contributed by atoms with Crippen LogP contribution in [0.4, 0.5) is 11.4 Å². The summed E-state index contributed by atoms with van der Waals surface area (Å²) in [5.74, 6) is 0.755. The zero-order valence-corrected chi connectivity index (χ0v) is 17.4. The van der Waals surface area contributed by atoms with Crippen LogP contribution in [-0.4, -0.2) is 30.6 Å². The lowest BCUT2D eigenvalue weighted by Gasteiger charge is -2.04. The third kappa shape index (κ3) is 3.61. The number of nitrogens with one attached hydrogen (secondary N) is 1. The molecule has 1 N–H and O–H groups in total. The van der Waals surface area contributed by atoms with Crippen LogP contribution in [0.2, 0.25) is 0 Å². The van der Waals surface area contributed by atoms with Gasteiger partial charge in [0.25, 0.3) is 11.6 Å². The summed E-state index contributed by atoms with van der Waals surface area (Å²) in [4.78, 5) is 23.8. The number of nitro benzene ring substituents is 1. The fourth-order valence-electron chi connectivity index (χ4n) is 3.11. The van der Waals surface area contributed by atoms with Crippen molar-refractivity contribution in [2.75, 3.05) is 5.32 Å². The SMILES string of the molecule is Cc1nnc2sc(-c3ccc(NC(=O)c4ccc(-c5cccc([N+](=O)[O-])c5)o4)cc3)nn12. The zero-order chi connectivity index (χ0) is 22.2. The van der Waals surface area contributed by atoms with Crippen LogP contribution in [0, 0.1) is 17.0 Å². The van der Waals surface area contributed by atoms with Crippen LogP contribution in [0.25, 0.3) is 26.9 Å². The number of benzene rings is 2. The van der Waals surface area contributed by atoms with Gasteiger partial charge in [-0.3, -0.25) is 14.9 Å². The number of hydrogen-bond acceptors (Lipinski definition) is 8. The van der Waals surface area contributed by atoms with Crippen molar-refractivity contribution in [2.45, 2.75) is 6.92 Å². The molecule has 2 aromatic carbocycles. The highest BCUT2D eigenvalue weighted by Crippen LogP contribution is 2.28. The van der Waals surface area contributed by atoms with Crippen LogP contribution in [0.5, 0.6) is 0 Å². The van der Waals surface area contributed by atoms with Crippen LogP contribution < -0.4 is 5.32 Å². The van der Waals surface area contributed by atoms with Gasteiger partial charge in [0.1, 0.15) is 10.8 Å². The van der Waals surface area contributed by atoms with Gasteiger partial charge >= 0.3 is 0 Å². The van der Waals surface area contributed by atoms with Gasteiger partial charge in [0, 0.05) is 28.9 Å². The van der Waals surface area contributed by atoms with E-state index in [0.717, 1.165) is 10.6 Å². The van der Waals surface area contributed by atoms with Crippen molar-refractivity contribution in [1.82, 2.24) is 19.8 Å². The Bertz CT molecular complexity index is 1470. The van der Waals surface area contributed by atoms with Gasteiger partial charge in [-0.1, -0.05) is 23.5 Å². The Balaban J connectivity index is 1.31. The largest absolute Gasteiger partial charge is 0.451 e. The molecule has 0 radical (unpaired) electrons. The number of anilines is 1. The molecule has 0 saturated heterocycles. The maximum atomic E-state index is 12.6. The molecule has 3 heterocycles. The van der Waals surface area contributed by atoms with Crippen LogP contribution in [0.3, 0.4) is 0 Å². The molecule has 5 rings (SSSR count). The van der Waals surface area contributed by atoms with Crippen LogP contribution in [-0.2, 0) is 0 Å². The lowest BCUT2D eigenvalue weighted by molar-refractivity contribution is -0.384. The molecule has 0 aliphatic heterocycles. The van der Waals surface area contributed by atoms with Gasteiger partial charge in [-0.05, 0) is 43.3 Å². The van der Waals surface area contributed by atoms with Crippen molar-refractivity contribution in [3.05, 3.63) is 82.4 Å². The number of non-ortho nitro benzene ring substituents is 1. The zero-order valence-electron chi connectivity index (χ0n) is 16.6. The van der Waals surface area contributed by atoms with Crippen molar-refractivity contribution >= 4 is 33.6 Å². The number of fused-ring (bicyclic) bond motifs is 1. The predicted molar refractivity (Wildman–Crippen MR) is 118 cm³/mol. The number of nitro groups is 1. The molecule has 0 bridgehead atoms. The highest BCUT2D eigenvalue weighted by Gasteiger charge is 2.15. The summed E-state index contributed by atoms with van der Waals surface area (Å²) in [7, 11) is 0. The topological polar surface area (TPSA) is 128 Å². The highest BCUT2D eigenvalue weighted by molar-refractivity contribution is 7.19. The number of carbonyl (C=O) groups excluding carboxylic acids is 1. The molecular formula is C21H14N6O4S. The van der Waals surface area contributed by atoms with Gasteiger partial charge in [-0.25, -0.2) is 0 Å². The van der Waals surface area contributed by atoms with E-state index < -0.39 is 10.8 Å². The maximum Gasteiger partial charge on any atom is 0.291 e. The maximum absolute atomic E-state index is 12.6. The quantitative estimate of drug-likeness (QED) is 0.309. The number of nitrogens with zero attached hydrogens (tertiary/aromatic N) is 5. The number of aromatic nitrogens is 4. The molecule has 0 aliphatic rings. The normalized spacial score (nSPS) is 11.0. The number of carbonyl (C=O) groups is 1. The lowest BCUT2D eigenvalue weighted by atomic mass is 10.1. The first-order valence-corrected chi connectivity index (χ1v) is 10.2. The van der Waals surface area contributed by atoms with Gasteiger partial charge in [0.2, 0.25) is 4.96 Å². The van der Waals surface area contributed by atoms with Crippen molar-refractivity contribution < 1.29 is 14.1 Å². The Hall–Kier alpha value is -4.38. The van der Waals surface area contributed by atoms with Gasteiger partial charge in [-0.2, -0.15) is 9.61 Å². The molecule has 1 amide bonds. The van der Waals surface area contributed by atoms with Crippen molar-refractivity contribution in [3.8, 4) is 21.9 Å². The Morgan fingerprint density at radius 1 is 1.09 bits per heavy atom. The Morgan fingerprint density at radius 3 is 2.66 bits per heavy atom. The molecule has 0 aliphatic carbocycles. The molecule has 32 heavy (non-hydrogen) atoms. The second-order valence-electron chi connectivity index (χ2n) is 6.85. The molecule has 158 valence electrons. The van der Waals surface area contributed by atoms with E-state index in [2.05, 4.69) is 20.6 Å². The Morgan fingerprint density at radius 2 is 1.91 bits per heavy atom. The summed E-state index contributed by atoms with van der Waals surface area (Å²) in [6, 6.07) is 16.4. The van der Waals surface area contributed by atoms with E-state index in [-0.39, 0.29) is 11.4 Å². The lowest BCUT2D eigenvalue weighted by Crippen LogP contribution is -2.10. The monoisotopic (exact) mass is 446 g/mol. The van der Waals surface area contributed by atoms with E-state index in [1.807, 2.05) is 19.1 Å². The molecule has 0 unspecified atom stereocenters. The van der Waals surface area contributed by atoms with Crippen molar-refractivity contribution in [3.63, 3.8) is 0 Å². The van der Waals surface area contributed by atoms with E-state index in [0.29, 0.717) is 27.8 Å². The minimum absolute atomic E-state index is 0.0510. The van der Waals surface area contributed by atoms with Gasteiger partial charge in [-0.15, -0.1) is 10.2 Å². The third-order valence-electron chi connectivity index (χ3n) is 4.71. The smallest absolute Gasteiger partial charge is 0.291 e. The molecule has 5 aromatic rings. The number of aryl methyl sites for hydroxylation is 1. The third-order valence-corrected chi connectivity index (χ3v) is 5.66. The highest BCUT2D eigenvalue weighted by atomic mass is 32.1. The fraction of sp³-hybridized carbons (Fsp3) is 0.0476. The summed E-state index contributed by atoms with van der Waals surface area (Å²) in [6.45, 7) is 1.83. The summed E-state index contributed by atoms with van der Waals surface area (Å²) < 4.78 is 7.29. The van der Waals surface area contributed by atoms with Crippen LogP contribution >= 0.6 is 11.3 Å². The first kappa shape index (κ1) is 19.6. The predicted octanol–water partition coefficient (Wildman–Crippen LogP) is 4.58. The van der Waals surface area contributed by atoms with E-state index in [4.69, 9.17) is 4.42 Å². The minimum atomic E-state index is -0.481. The molecule has 0 fully saturated rings. The van der Waals surface area contributed by atoms with Gasteiger partial charge < -0.3 is 9.73 Å². The number of amides is 1. The molecule has 3 aromatic heterocycles. The van der Waals surface area contributed by atoms with E-state index >= 15 is 0 Å². The molecule has 0 saturated carbocycles. The molecule has 0 spiro atoms. The summed E-state index contributed by atoms with van der Waals surface area (Å²) in [5.41, 5.74) is 1.95. The van der Waals surface area contributed by atoms with Crippen LogP contribution in [0.15, 0.2) is 65.1 Å². The molecular weight excluding hydrogens is 432 g/mol. The van der Waals surface area contributed by atoms with Gasteiger partial charge in [0.15, 0.2) is 11.6 Å². The van der Waals surface area contributed by atoms with Gasteiger partial charge in [0.05, 0.1) is 4.92 Å². The second kappa shape index (κ2) is 7.71. The van der Waals surface area contributed by atoms with E-state index in [1.54, 1.807) is 34.8 Å². The van der Waals surface area contributed by atoms with Crippen molar-refractivity contribution in [1.29, 1.82) is 0 Å². The first-order valence-electron chi connectivity index (χ1n) is 9.43. The van der Waals surface area contributed by atoms with Crippen molar-refractivity contribution in [2.24, 2.45) is 0 Å². The molecule has 11 heteroatoms. The number of furan rings is 1. The Labute approximate surface area is 184 Å². The number of rotatable bonds is 5. The van der Waals surface area contributed by atoms with Crippen LogP contribution in [0.1, 0.15) is 16.4 Å². The van der Waals surface area contributed by atoms with E-state index in [1.165, 1.54) is 29.5 Å². The van der Waals surface area contributed by atoms with E-state index in [9.17, 15) is 14.9 Å².